The van der Waals surface area contributed by atoms with Crippen LogP contribution in [-0.4, -0.2) is 67.7 Å². The number of ether oxygens (including phenoxy) is 3. The smallest absolute Gasteiger partial charge is 0.254 e. The van der Waals surface area contributed by atoms with Crippen molar-refractivity contribution in [2.45, 2.75) is 31.4 Å². The fourth-order valence-electron chi connectivity index (χ4n) is 5.01. The summed E-state index contributed by atoms with van der Waals surface area (Å²) in [6.45, 7) is 2.00. The number of fused-ring (bicyclic) bond motifs is 1. The first-order valence-electron chi connectivity index (χ1n) is 12.7. The Morgan fingerprint density at radius 3 is 2.73 bits per heavy atom. The Morgan fingerprint density at radius 2 is 1.95 bits per heavy atom. The van der Waals surface area contributed by atoms with Crippen molar-refractivity contribution in [3.63, 3.8) is 0 Å². The molecule has 0 saturated carbocycles. The van der Waals surface area contributed by atoms with Gasteiger partial charge in [0.15, 0.2) is 0 Å². The van der Waals surface area contributed by atoms with Gasteiger partial charge in [-0.2, -0.15) is 0 Å². The molecule has 2 atom stereocenters. The summed E-state index contributed by atoms with van der Waals surface area (Å²) in [6.07, 6.45) is 2.58. The second-order valence-corrected chi connectivity index (χ2v) is 10.3. The highest BCUT2D eigenvalue weighted by atomic mass is 32.1. The van der Waals surface area contributed by atoms with Crippen LogP contribution in [0.1, 0.15) is 39.7 Å². The topological polar surface area (TPSA) is 68.3 Å². The molecule has 3 heterocycles. The van der Waals surface area contributed by atoms with Gasteiger partial charge < -0.3 is 24.0 Å². The molecule has 0 aliphatic carbocycles. The van der Waals surface area contributed by atoms with Gasteiger partial charge in [0.05, 0.1) is 19.3 Å². The van der Waals surface area contributed by atoms with Crippen LogP contribution >= 0.6 is 11.3 Å². The van der Waals surface area contributed by atoms with Gasteiger partial charge in [-0.15, -0.1) is 11.3 Å². The third kappa shape index (κ3) is 5.97. The second-order valence-electron chi connectivity index (χ2n) is 9.33. The normalized spacial score (nSPS) is 18.8. The molecular weight excluding hydrogens is 488 g/mol. The number of hydrogen-bond donors (Lipinski definition) is 0. The summed E-state index contributed by atoms with van der Waals surface area (Å²) in [5, 5.41) is 2.07. The molecule has 1 fully saturated rings. The summed E-state index contributed by atoms with van der Waals surface area (Å²) in [5.74, 6) is 1.08. The Balaban J connectivity index is 1.36. The molecular formula is C29H32N2O5S. The molecule has 5 rings (SSSR count). The first kappa shape index (κ1) is 25.3. The molecule has 1 saturated heterocycles. The first-order chi connectivity index (χ1) is 18.1. The molecule has 2 aromatic carbocycles. The number of para-hydroxylation sites is 1. The van der Waals surface area contributed by atoms with E-state index in [1.54, 1.807) is 47.6 Å². The fourth-order valence-corrected chi connectivity index (χ4v) is 5.94. The molecule has 0 bridgehead atoms. The zero-order valence-corrected chi connectivity index (χ0v) is 21.8. The third-order valence-corrected chi connectivity index (χ3v) is 7.94. The molecule has 7 nitrogen and oxygen atoms in total. The maximum absolute atomic E-state index is 13.8. The van der Waals surface area contributed by atoms with E-state index < -0.39 is 0 Å². The Hall–Kier alpha value is -3.36. The first-order valence-corrected chi connectivity index (χ1v) is 13.6. The Kier molecular flexibility index (Phi) is 8.06. The number of rotatable bonds is 9. The van der Waals surface area contributed by atoms with Gasteiger partial charge in [-0.3, -0.25) is 9.59 Å². The van der Waals surface area contributed by atoms with Gasteiger partial charge in [-0.05, 0) is 66.6 Å². The number of nitrogens with zero attached hydrogens (tertiary/aromatic N) is 2. The summed E-state index contributed by atoms with van der Waals surface area (Å²) in [5.41, 5.74) is 1.62. The summed E-state index contributed by atoms with van der Waals surface area (Å²) < 4.78 is 17.2. The maximum Gasteiger partial charge on any atom is 0.254 e. The lowest BCUT2D eigenvalue weighted by Gasteiger charge is -2.37. The molecule has 8 heteroatoms. The van der Waals surface area contributed by atoms with E-state index in [2.05, 4.69) is 11.4 Å². The standard InChI is InChI=1S/C29H32N2O5S/c1-34-23-10-5-7-21(17-23)29(33)30(18-24-11-6-15-35-24)19-28(32)31-14-12-27-25(13-16-37-27)26(31)20-36-22-8-3-2-4-9-22/h2-5,7-10,13,16-17,24,26H,6,11-12,14-15,18-20H2,1H3/t24-,26+/m0/s1. The Labute approximate surface area is 221 Å². The van der Waals surface area contributed by atoms with E-state index in [0.29, 0.717) is 37.6 Å². The van der Waals surface area contributed by atoms with Crippen molar-refractivity contribution in [3.05, 3.63) is 82.0 Å². The lowest BCUT2D eigenvalue weighted by atomic mass is 10.00. The van der Waals surface area contributed by atoms with E-state index in [1.165, 1.54) is 4.88 Å². The largest absolute Gasteiger partial charge is 0.497 e. The predicted octanol–water partition coefficient (Wildman–Crippen LogP) is 4.58. The summed E-state index contributed by atoms with van der Waals surface area (Å²) in [6, 6.07) is 18.6. The molecule has 2 amide bonds. The molecule has 37 heavy (non-hydrogen) atoms. The van der Waals surface area contributed by atoms with Crippen molar-refractivity contribution in [2.75, 3.05) is 40.0 Å². The second kappa shape index (κ2) is 11.8. The quantitative estimate of drug-likeness (QED) is 0.413. The van der Waals surface area contributed by atoms with Crippen molar-refractivity contribution in [1.29, 1.82) is 0 Å². The van der Waals surface area contributed by atoms with E-state index in [4.69, 9.17) is 14.2 Å². The average molecular weight is 521 g/mol. The average Bonchev–Trinajstić information content (AvgIpc) is 3.64. The van der Waals surface area contributed by atoms with E-state index in [1.807, 2.05) is 35.2 Å². The van der Waals surface area contributed by atoms with Gasteiger partial charge in [-0.1, -0.05) is 24.3 Å². The molecule has 3 aromatic rings. The number of methoxy groups -OCH3 is 1. The van der Waals surface area contributed by atoms with Crippen LogP contribution in [0.3, 0.4) is 0 Å². The number of benzene rings is 2. The van der Waals surface area contributed by atoms with Crippen LogP contribution in [0.4, 0.5) is 0 Å². The molecule has 0 spiro atoms. The van der Waals surface area contributed by atoms with Crippen LogP contribution in [0.2, 0.25) is 0 Å². The lowest BCUT2D eigenvalue weighted by molar-refractivity contribution is -0.135. The highest BCUT2D eigenvalue weighted by Crippen LogP contribution is 2.34. The molecule has 1 aromatic heterocycles. The van der Waals surface area contributed by atoms with Crippen molar-refractivity contribution >= 4 is 23.2 Å². The lowest BCUT2D eigenvalue weighted by Crippen LogP contribution is -2.49. The fraction of sp³-hybridized carbons (Fsp3) is 0.379. The number of hydrogen-bond acceptors (Lipinski definition) is 6. The molecule has 2 aliphatic rings. The van der Waals surface area contributed by atoms with Gasteiger partial charge in [0.2, 0.25) is 5.91 Å². The molecule has 2 aliphatic heterocycles. The van der Waals surface area contributed by atoms with E-state index in [-0.39, 0.29) is 30.5 Å². The van der Waals surface area contributed by atoms with Crippen molar-refractivity contribution in [2.24, 2.45) is 0 Å². The van der Waals surface area contributed by atoms with Gasteiger partial charge in [-0.25, -0.2) is 0 Å². The van der Waals surface area contributed by atoms with Crippen LogP contribution in [0.5, 0.6) is 11.5 Å². The number of amides is 2. The summed E-state index contributed by atoms with van der Waals surface area (Å²) in [7, 11) is 1.57. The van der Waals surface area contributed by atoms with E-state index in [9.17, 15) is 9.59 Å². The van der Waals surface area contributed by atoms with Crippen molar-refractivity contribution in [1.82, 2.24) is 9.80 Å². The Morgan fingerprint density at radius 1 is 1.11 bits per heavy atom. The molecule has 194 valence electrons. The summed E-state index contributed by atoms with van der Waals surface area (Å²) in [4.78, 5) is 32.2. The van der Waals surface area contributed by atoms with Crippen LogP contribution in [0.15, 0.2) is 66.0 Å². The van der Waals surface area contributed by atoms with Crippen LogP contribution in [-0.2, 0) is 16.0 Å². The van der Waals surface area contributed by atoms with Crippen LogP contribution in [0, 0.1) is 0 Å². The Bertz CT molecular complexity index is 1210. The van der Waals surface area contributed by atoms with Gasteiger partial charge >= 0.3 is 0 Å². The molecule has 0 N–H and O–H groups in total. The molecule has 0 radical (unpaired) electrons. The monoisotopic (exact) mass is 520 g/mol. The number of carbonyl (C=O) groups is 2. The zero-order valence-electron chi connectivity index (χ0n) is 21.0. The predicted molar refractivity (Wildman–Crippen MR) is 142 cm³/mol. The minimum absolute atomic E-state index is 0.0167. The van der Waals surface area contributed by atoms with E-state index in [0.717, 1.165) is 30.6 Å². The van der Waals surface area contributed by atoms with Crippen molar-refractivity contribution in [3.8, 4) is 11.5 Å². The zero-order chi connectivity index (χ0) is 25.6. The van der Waals surface area contributed by atoms with Crippen LogP contribution < -0.4 is 9.47 Å². The van der Waals surface area contributed by atoms with Gasteiger partial charge in [0.25, 0.3) is 5.91 Å². The van der Waals surface area contributed by atoms with E-state index >= 15 is 0 Å². The number of thiophene rings is 1. The molecule has 0 unspecified atom stereocenters. The van der Waals surface area contributed by atoms with Crippen molar-refractivity contribution < 1.29 is 23.8 Å². The minimum atomic E-state index is -0.209. The van der Waals surface area contributed by atoms with Gasteiger partial charge in [0, 0.05) is 30.1 Å². The highest BCUT2D eigenvalue weighted by molar-refractivity contribution is 7.10. The number of carbonyl (C=O) groups excluding carboxylic acids is 2. The SMILES string of the molecule is COc1cccc(C(=O)N(CC(=O)N2CCc3sccc3[C@H]2COc2ccccc2)C[C@@H]2CCCO2)c1. The highest BCUT2D eigenvalue weighted by Gasteiger charge is 2.34. The third-order valence-electron chi connectivity index (χ3n) is 6.94. The minimum Gasteiger partial charge on any atom is -0.497 e. The summed E-state index contributed by atoms with van der Waals surface area (Å²) >= 11 is 1.72. The van der Waals surface area contributed by atoms with Gasteiger partial charge in [0.1, 0.15) is 24.7 Å². The van der Waals surface area contributed by atoms with Crippen LogP contribution in [0.25, 0.3) is 0 Å². The maximum atomic E-state index is 13.8.